The van der Waals surface area contributed by atoms with Gasteiger partial charge >= 0.3 is 0 Å². The van der Waals surface area contributed by atoms with Crippen molar-refractivity contribution in [2.24, 2.45) is 0 Å². The number of amides is 1. The van der Waals surface area contributed by atoms with Gasteiger partial charge in [-0.1, -0.05) is 29.3 Å². The average Bonchev–Trinajstić information content (AvgIpc) is 2.49. The number of fused-ring (bicyclic) bond motifs is 1. The molecule has 0 bridgehead atoms. The van der Waals surface area contributed by atoms with Gasteiger partial charge in [0.05, 0.1) is 10.6 Å². The Morgan fingerprint density at radius 3 is 2.81 bits per heavy atom. The van der Waals surface area contributed by atoms with Gasteiger partial charge < -0.3 is 10.6 Å². The number of hydrogen-bond donors (Lipinski definition) is 1. The van der Waals surface area contributed by atoms with Crippen molar-refractivity contribution in [1.29, 1.82) is 0 Å². The van der Waals surface area contributed by atoms with Crippen LogP contribution in [0.15, 0.2) is 36.4 Å². The van der Waals surface area contributed by atoms with Gasteiger partial charge in [-0.25, -0.2) is 0 Å². The first kappa shape index (κ1) is 14.2. The SMILES string of the molecule is Nc1cccc2c1CCCN2C(=O)c1cc(Cl)ccc1Cl. The van der Waals surface area contributed by atoms with Crippen molar-refractivity contribution in [3.05, 3.63) is 57.6 Å². The summed E-state index contributed by atoms with van der Waals surface area (Å²) in [5.74, 6) is -0.144. The second-order valence-corrected chi connectivity index (χ2v) is 5.87. The molecule has 1 aliphatic rings. The van der Waals surface area contributed by atoms with E-state index in [1.807, 2.05) is 18.2 Å². The quantitative estimate of drug-likeness (QED) is 0.801. The largest absolute Gasteiger partial charge is 0.398 e. The van der Waals surface area contributed by atoms with Crippen molar-refractivity contribution < 1.29 is 4.79 Å². The Morgan fingerprint density at radius 1 is 1.19 bits per heavy atom. The van der Waals surface area contributed by atoms with Gasteiger partial charge in [-0.3, -0.25) is 4.79 Å². The van der Waals surface area contributed by atoms with Gasteiger partial charge in [0.2, 0.25) is 0 Å². The van der Waals surface area contributed by atoms with Crippen LogP contribution >= 0.6 is 23.2 Å². The number of halogens is 2. The molecular weight excluding hydrogens is 307 g/mol. The summed E-state index contributed by atoms with van der Waals surface area (Å²) in [4.78, 5) is 14.5. The van der Waals surface area contributed by atoms with Crippen LogP contribution in [0, 0.1) is 0 Å². The smallest absolute Gasteiger partial charge is 0.259 e. The molecule has 2 aromatic carbocycles. The Kier molecular flexibility index (Phi) is 3.79. The maximum absolute atomic E-state index is 12.8. The fourth-order valence-electron chi connectivity index (χ4n) is 2.67. The minimum atomic E-state index is -0.144. The molecule has 108 valence electrons. The summed E-state index contributed by atoms with van der Waals surface area (Å²) in [7, 11) is 0. The minimum Gasteiger partial charge on any atom is -0.398 e. The van der Waals surface area contributed by atoms with E-state index in [0.717, 1.165) is 29.8 Å². The van der Waals surface area contributed by atoms with E-state index in [0.29, 0.717) is 22.2 Å². The number of nitrogens with two attached hydrogens (primary N) is 1. The number of nitrogen functional groups attached to an aromatic ring is 1. The zero-order chi connectivity index (χ0) is 15.0. The molecule has 1 heterocycles. The summed E-state index contributed by atoms with van der Waals surface area (Å²) in [6.45, 7) is 0.651. The second-order valence-electron chi connectivity index (χ2n) is 5.03. The molecule has 0 spiro atoms. The number of carbonyl (C=O) groups excluding carboxylic acids is 1. The van der Waals surface area contributed by atoms with E-state index in [2.05, 4.69) is 0 Å². The van der Waals surface area contributed by atoms with E-state index in [1.165, 1.54) is 0 Å². The van der Waals surface area contributed by atoms with Gasteiger partial charge in [-0.2, -0.15) is 0 Å². The molecule has 2 N–H and O–H groups in total. The van der Waals surface area contributed by atoms with Gasteiger partial charge in [-0.05, 0) is 48.7 Å². The lowest BCUT2D eigenvalue weighted by Gasteiger charge is -2.30. The highest BCUT2D eigenvalue weighted by Gasteiger charge is 2.26. The van der Waals surface area contributed by atoms with Crippen LogP contribution < -0.4 is 10.6 Å². The normalized spacial score (nSPS) is 13.9. The molecule has 0 aliphatic carbocycles. The van der Waals surface area contributed by atoms with Crippen LogP contribution in [0.25, 0.3) is 0 Å². The van der Waals surface area contributed by atoms with Crippen LogP contribution in [0.4, 0.5) is 11.4 Å². The van der Waals surface area contributed by atoms with E-state index in [1.54, 1.807) is 23.1 Å². The third-order valence-electron chi connectivity index (χ3n) is 3.69. The Balaban J connectivity index is 2.04. The molecule has 0 saturated carbocycles. The maximum atomic E-state index is 12.8. The molecule has 3 rings (SSSR count). The van der Waals surface area contributed by atoms with E-state index in [9.17, 15) is 4.79 Å². The van der Waals surface area contributed by atoms with E-state index in [4.69, 9.17) is 28.9 Å². The molecule has 0 aromatic heterocycles. The topological polar surface area (TPSA) is 46.3 Å². The molecule has 0 fully saturated rings. The lowest BCUT2D eigenvalue weighted by molar-refractivity contribution is 0.0985. The van der Waals surface area contributed by atoms with Crippen LogP contribution in [0.1, 0.15) is 22.3 Å². The molecule has 0 unspecified atom stereocenters. The zero-order valence-corrected chi connectivity index (χ0v) is 12.8. The number of nitrogens with zero attached hydrogens (tertiary/aromatic N) is 1. The molecule has 5 heteroatoms. The van der Waals surface area contributed by atoms with Gasteiger partial charge in [0.25, 0.3) is 5.91 Å². The first-order valence-corrected chi connectivity index (χ1v) is 7.48. The summed E-state index contributed by atoms with van der Waals surface area (Å²) in [6.07, 6.45) is 1.76. The molecule has 2 aromatic rings. The van der Waals surface area contributed by atoms with Gasteiger partial charge in [-0.15, -0.1) is 0 Å². The van der Waals surface area contributed by atoms with Crippen molar-refractivity contribution in [2.75, 3.05) is 17.2 Å². The molecular formula is C16H14Cl2N2O. The molecule has 1 amide bonds. The van der Waals surface area contributed by atoms with Crippen LogP contribution in [-0.2, 0) is 6.42 Å². The van der Waals surface area contributed by atoms with E-state index >= 15 is 0 Å². The standard InChI is InChI=1S/C16H14Cl2N2O/c17-10-6-7-13(18)12(9-10)16(21)20-8-2-3-11-14(19)4-1-5-15(11)20/h1,4-7,9H,2-3,8,19H2. The highest BCUT2D eigenvalue weighted by Crippen LogP contribution is 2.33. The third kappa shape index (κ3) is 2.59. The number of rotatable bonds is 1. The number of hydrogen-bond acceptors (Lipinski definition) is 2. The van der Waals surface area contributed by atoms with Crippen LogP contribution in [-0.4, -0.2) is 12.5 Å². The zero-order valence-electron chi connectivity index (χ0n) is 11.3. The van der Waals surface area contributed by atoms with Gasteiger partial charge in [0, 0.05) is 22.9 Å². The predicted octanol–water partition coefficient (Wildman–Crippen LogP) is 4.17. The van der Waals surface area contributed by atoms with E-state index in [-0.39, 0.29) is 5.91 Å². The van der Waals surface area contributed by atoms with Crippen molar-refractivity contribution in [3.63, 3.8) is 0 Å². The Hall–Kier alpha value is -1.71. The Morgan fingerprint density at radius 2 is 2.00 bits per heavy atom. The van der Waals surface area contributed by atoms with Crippen molar-refractivity contribution in [3.8, 4) is 0 Å². The monoisotopic (exact) mass is 320 g/mol. The molecule has 0 atom stereocenters. The highest BCUT2D eigenvalue weighted by atomic mass is 35.5. The van der Waals surface area contributed by atoms with Gasteiger partial charge in [0.1, 0.15) is 0 Å². The maximum Gasteiger partial charge on any atom is 0.259 e. The van der Waals surface area contributed by atoms with Gasteiger partial charge in [0.15, 0.2) is 0 Å². The van der Waals surface area contributed by atoms with Crippen molar-refractivity contribution in [1.82, 2.24) is 0 Å². The van der Waals surface area contributed by atoms with E-state index < -0.39 is 0 Å². The summed E-state index contributed by atoms with van der Waals surface area (Å²) in [5.41, 5.74) is 9.04. The average molecular weight is 321 g/mol. The summed E-state index contributed by atoms with van der Waals surface area (Å²) >= 11 is 12.1. The Bertz CT molecular complexity index is 715. The molecule has 0 radical (unpaired) electrons. The van der Waals surface area contributed by atoms with Crippen LogP contribution in [0.2, 0.25) is 10.0 Å². The van der Waals surface area contributed by atoms with Crippen molar-refractivity contribution in [2.45, 2.75) is 12.8 Å². The molecule has 0 saturated heterocycles. The summed E-state index contributed by atoms with van der Waals surface area (Å²) < 4.78 is 0. The first-order valence-electron chi connectivity index (χ1n) is 6.72. The van der Waals surface area contributed by atoms with Crippen LogP contribution in [0.3, 0.4) is 0 Å². The lowest BCUT2D eigenvalue weighted by atomic mass is 9.99. The fourth-order valence-corrected chi connectivity index (χ4v) is 3.04. The lowest BCUT2D eigenvalue weighted by Crippen LogP contribution is -2.35. The molecule has 3 nitrogen and oxygen atoms in total. The fraction of sp³-hybridized carbons (Fsp3) is 0.188. The summed E-state index contributed by atoms with van der Waals surface area (Å²) in [6, 6.07) is 10.6. The number of benzene rings is 2. The minimum absolute atomic E-state index is 0.144. The second kappa shape index (κ2) is 5.58. The summed E-state index contributed by atoms with van der Waals surface area (Å²) in [5, 5.41) is 0.896. The number of anilines is 2. The predicted molar refractivity (Wildman–Crippen MR) is 87.3 cm³/mol. The first-order chi connectivity index (χ1) is 10.1. The number of carbonyl (C=O) groups is 1. The van der Waals surface area contributed by atoms with Crippen molar-refractivity contribution >= 4 is 40.5 Å². The third-order valence-corrected chi connectivity index (χ3v) is 4.26. The molecule has 21 heavy (non-hydrogen) atoms. The molecule has 1 aliphatic heterocycles. The highest BCUT2D eigenvalue weighted by molar-refractivity contribution is 6.36. The van der Waals surface area contributed by atoms with Crippen LogP contribution in [0.5, 0.6) is 0 Å². The Labute approximate surface area is 133 Å².